The van der Waals surface area contributed by atoms with Crippen LogP contribution in [0.15, 0.2) is 60.7 Å². The van der Waals surface area contributed by atoms with Gasteiger partial charge in [-0.05, 0) is 0 Å². The molecule has 0 amide bonds. The Morgan fingerprint density at radius 1 is 0.733 bits per heavy atom. The molecule has 2 aromatic carbocycles. The van der Waals surface area contributed by atoms with Crippen molar-refractivity contribution >= 4 is 32.0 Å². The van der Waals surface area contributed by atoms with Crippen LogP contribution in [0.4, 0.5) is 0 Å². The summed E-state index contributed by atoms with van der Waals surface area (Å²) in [6, 6.07) is 19.0. The summed E-state index contributed by atoms with van der Waals surface area (Å²) in [4.78, 5) is 0. The van der Waals surface area contributed by atoms with Crippen molar-refractivity contribution in [3.8, 4) is 0 Å². The van der Waals surface area contributed by atoms with Crippen molar-refractivity contribution in [3.05, 3.63) is 60.7 Å². The predicted molar refractivity (Wildman–Crippen MR) is 65.5 cm³/mol. The van der Waals surface area contributed by atoms with Crippen molar-refractivity contribution in [2.45, 2.75) is 0 Å². The Hall–Kier alpha value is -0.811. The van der Waals surface area contributed by atoms with Gasteiger partial charge in [0, 0.05) is 0 Å². The van der Waals surface area contributed by atoms with E-state index in [9.17, 15) is 4.57 Å². The molecule has 2 aromatic rings. The molecule has 0 aromatic heterocycles. The summed E-state index contributed by atoms with van der Waals surface area (Å²) >= 11 is 2.84. The van der Waals surface area contributed by atoms with E-state index in [0.717, 1.165) is 10.6 Å². The molecule has 0 saturated carbocycles. The van der Waals surface area contributed by atoms with Gasteiger partial charge in [0.05, 0.1) is 0 Å². The zero-order valence-corrected chi connectivity index (χ0v) is 10.6. The van der Waals surface area contributed by atoms with Gasteiger partial charge in [0.15, 0.2) is 0 Å². The van der Waals surface area contributed by atoms with Gasteiger partial charge >= 0.3 is 97.2 Å². The normalized spacial score (nSPS) is 11.3. The standard InChI is InChI=1S/C12H11OPSe/c13-14(15,11-7-3-1-4-8-11)12-9-5-2-6-10-12/h1-10H,(H,13,15)/p-1. The molecule has 0 bridgehead atoms. The molecular weight excluding hydrogens is 270 g/mol. The average Bonchev–Trinajstić information content (AvgIpc) is 2.31. The second-order valence-electron chi connectivity index (χ2n) is 3.22. The van der Waals surface area contributed by atoms with E-state index in [4.69, 9.17) is 0 Å². The molecule has 3 heteroatoms. The molecule has 0 aliphatic rings. The van der Waals surface area contributed by atoms with E-state index in [1.165, 1.54) is 0 Å². The molecule has 0 saturated heterocycles. The molecule has 0 unspecified atom stereocenters. The van der Waals surface area contributed by atoms with Gasteiger partial charge in [-0.2, -0.15) is 0 Å². The van der Waals surface area contributed by atoms with Crippen LogP contribution in [0.3, 0.4) is 0 Å². The third-order valence-corrected chi connectivity index (χ3v) is 6.80. The fraction of sp³-hybridized carbons (Fsp3) is 0. The van der Waals surface area contributed by atoms with E-state index in [2.05, 4.69) is 15.6 Å². The summed E-state index contributed by atoms with van der Waals surface area (Å²) in [6.07, 6.45) is 0. The van der Waals surface area contributed by atoms with Crippen LogP contribution in [-0.2, 0) is 4.57 Å². The van der Waals surface area contributed by atoms with Gasteiger partial charge in [-0.15, -0.1) is 0 Å². The van der Waals surface area contributed by atoms with Crippen LogP contribution in [-0.4, -0.2) is 15.6 Å². The molecule has 0 N–H and O–H groups in total. The number of hydrogen-bond donors (Lipinski definition) is 0. The molecule has 0 aliphatic heterocycles. The van der Waals surface area contributed by atoms with Gasteiger partial charge in [0.2, 0.25) is 0 Å². The first-order valence-corrected chi connectivity index (χ1v) is 8.56. The summed E-state index contributed by atoms with van der Waals surface area (Å²) in [5.41, 5.74) is 0. The van der Waals surface area contributed by atoms with Crippen molar-refractivity contribution in [2.24, 2.45) is 0 Å². The second-order valence-corrected chi connectivity index (χ2v) is 8.59. The van der Waals surface area contributed by atoms with Crippen molar-refractivity contribution in [1.29, 1.82) is 0 Å². The Labute approximate surface area is 97.3 Å². The van der Waals surface area contributed by atoms with Crippen molar-refractivity contribution in [2.75, 3.05) is 0 Å². The van der Waals surface area contributed by atoms with E-state index < -0.39 is 5.83 Å². The Kier molecular flexibility index (Phi) is 3.11. The maximum atomic E-state index is 12.6. The first kappa shape index (κ1) is 10.7. The Morgan fingerprint density at radius 3 is 1.40 bits per heavy atom. The monoisotopic (exact) mass is 281 g/mol. The second kappa shape index (κ2) is 4.36. The fourth-order valence-electron chi connectivity index (χ4n) is 1.40. The van der Waals surface area contributed by atoms with Gasteiger partial charge < -0.3 is 0 Å². The van der Waals surface area contributed by atoms with Crippen LogP contribution < -0.4 is 10.6 Å². The third-order valence-electron chi connectivity index (χ3n) is 2.19. The topological polar surface area (TPSA) is 17.1 Å². The molecule has 0 radical (unpaired) electrons. The molecule has 15 heavy (non-hydrogen) atoms. The molecule has 2 rings (SSSR count). The van der Waals surface area contributed by atoms with Gasteiger partial charge in [0.25, 0.3) is 0 Å². The Bertz CT molecular complexity index is 438. The van der Waals surface area contributed by atoms with Crippen LogP contribution in [0, 0.1) is 0 Å². The molecule has 0 heterocycles. The van der Waals surface area contributed by atoms with E-state index in [0.29, 0.717) is 0 Å². The van der Waals surface area contributed by atoms with Crippen LogP contribution in [0.2, 0.25) is 0 Å². The van der Waals surface area contributed by atoms with Gasteiger partial charge in [0.1, 0.15) is 0 Å². The summed E-state index contributed by atoms with van der Waals surface area (Å²) in [7, 11) is 0. The first-order valence-electron chi connectivity index (χ1n) is 4.63. The molecule has 0 aliphatic carbocycles. The summed E-state index contributed by atoms with van der Waals surface area (Å²) < 4.78 is 12.6. The Balaban J connectivity index is 2.50. The summed E-state index contributed by atoms with van der Waals surface area (Å²) in [5.74, 6) is -2.52. The van der Waals surface area contributed by atoms with E-state index >= 15 is 0 Å². The van der Waals surface area contributed by atoms with E-state index in [-0.39, 0.29) is 0 Å². The number of rotatable bonds is 2. The zero-order chi connectivity index (χ0) is 10.7. The summed E-state index contributed by atoms with van der Waals surface area (Å²) in [6.45, 7) is 0. The number of hydrogen-bond acceptors (Lipinski definition) is 1. The van der Waals surface area contributed by atoms with Crippen molar-refractivity contribution in [1.82, 2.24) is 0 Å². The molecular formula is C12H10OPSe-. The van der Waals surface area contributed by atoms with Crippen LogP contribution in [0.1, 0.15) is 0 Å². The average molecular weight is 280 g/mol. The van der Waals surface area contributed by atoms with Gasteiger partial charge in [-0.1, -0.05) is 0 Å². The molecule has 76 valence electrons. The third kappa shape index (κ3) is 2.23. The minimum atomic E-state index is -2.52. The number of benzene rings is 2. The minimum absolute atomic E-state index is 0.858. The molecule has 1 nitrogen and oxygen atoms in total. The fourth-order valence-corrected chi connectivity index (χ4v) is 4.36. The Morgan fingerprint density at radius 2 is 1.07 bits per heavy atom. The molecule has 0 fully saturated rings. The van der Waals surface area contributed by atoms with Crippen LogP contribution in [0.25, 0.3) is 0 Å². The van der Waals surface area contributed by atoms with Crippen LogP contribution in [0.5, 0.6) is 0 Å². The zero-order valence-electron chi connectivity index (χ0n) is 8.04. The SMILES string of the molecule is O=P([Se-])(c1ccccc1)c1ccccc1. The predicted octanol–water partition coefficient (Wildman–Crippen LogP) is 2.08. The van der Waals surface area contributed by atoms with E-state index in [1.54, 1.807) is 0 Å². The van der Waals surface area contributed by atoms with Gasteiger partial charge in [-0.25, -0.2) is 0 Å². The quantitative estimate of drug-likeness (QED) is 0.608. The molecule has 0 atom stereocenters. The maximum absolute atomic E-state index is 12.6. The van der Waals surface area contributed by atoms with Crippen LogP contribution >= 0.6 is 5.83 Å². The first-order chi connectivity index (χ1) is 7.21. The van der Waals surface area contributed by atoms with Gasteiger partial charge in [-0.3, -0.25) is 0 Å². The summed E-state index contributed by atoms with van der Waals surface area (Å²) in [5, 5.41) is 1.72. The van der Waals surface area contributed by atoms with Crippen molar-refractivity contribution < 1.29 is 4.57 Å². The van der Waals surface area contributed by atoms with E-state index in [1.807, 2.05) is 60.7 Å². The van der Waals surface area contributed by atoms with Crippen molar-refractivity contribution in [3.63, 3.8) is 0 Å². The molecule has 0 spiro atoms.